The fourth-order valence-electron chi connectivity index (χ4n) is 3.43. The minimum atomic E-state index is -0.862. The molecule has 2 aromatic carbocycles. The van der Waals surface area contributed by atoms with E-state index in [1.165, 1.54) is 0 Å². The maximum Gasteiger partial charge on any atom is 0.150 e. The molecule has 1 aromatic heterocycles. The highest BCUT2D eigenvalue weighted by Crippen LogP contribution is 2.51. The number of pyridine rings is 1. The molecule has 0 radical (unpaired) electrons. The van der Waals surface area contributed by atoms with Crippen LogP contribution in [0, 0.1) is 11.3 Å². The highest BCUT2D eigenvalue weighted by molar-refractivity contribution is 9.10. The molecule has 0 aliphatic carbocycles. The minimum Gasteiger partial charge on any atom is -0.374 e. The Morgan fingerprint density at radius 2 is 1.71 bits per heavy atom. The van der Waals surface area contributed by atoms with Crippen molar-refractivity contribution >= 4 is 21.6 Å². The number of nitrogens with one attached hydrogen (secondary N) is 1. The summed E-state index contributed by atoms with van der Waals surface area (Å²) in [5, 5.41) is 13.8. The molecule has 4 rings (SSSR count). The smallest absolute Gasteiger partial charge is 0.150 e. The van der Waals surface area contributed by atoms with Crippen LogP contribution in [0.1, 0.15) is 22.9 Å². The highest BCUT2D eigenvalue weighted by atomic mass is 79.9. The Morgan fingerprint density at radius 1 is 1.04 bits per heavy atom. The summed E-state index contributed by atoms with van der Waals surface area (Å²) in [6.45, 7) is 0. The summed E-state index contributed by atoms with van der Waals surface area (Å²) in [4.78, 5) is 4.60. The predicted octanol–water partition coefficient (Wildman–Crippen LogP) is 4.82. The van der Waals surface area contributed by atoms with E-state index in [9.17, 15) is 5.26 Å². The van der Waals surface area contributed by atoms with E-state index in [1.807, 2.05) is 66.7 Å². The first-order valence-electron chi connectivity index (χ1n) is 7.70. The number of anilines is 1. The number of nitrogens with zero attached hydrogens (tertiary/aromatic N) is 2. The molecule has 4 heteroatoms. The third kappa shape index (κ3) is 2.13. The van der Waals surface area contributed by atoms with Crippen molar-refractivity contribution in [2.75, 3.05) is 5.32 Å². The molecule has 0 unspecified atom stereocenters. The Kier molecular flexibility index (Phi) is 3.59. The average Bonchev–Trinajstić information content (AvgIpc) is 2.97. The summed E-state index contributed by atoms with van der Waals surface area (Å²) in [6, 6.07) is 24.3. The molecule has 1 aliphatic heterocycles. The van der Waals surface area contributed by atoms with Crippen molar-refractivity contribution in [1.29, 1.82) is 5.26 Å². The molecular weight excluding hydrogens is 362 g/mol. The lowest BCUT2D eigenvalue weighted by Gasteiger charge is -2.29. The molecule has 1 aliphatic rings. The van der Waals surface area contributed by atoms with E-state index in [0.29, 0.717) is 0 Å². The van der Waals surface area contributed by atoms with Crippen LogP contribution in [0.15, 0.2) is 77.4 Å². The summed E-state index contributed by atoms with van der Waals surface area (Å²) in [5.41, 5.74) is 2.81. The number of hydrogen-bond donors (Lipinski definition) is 1. The zero-order chi connectivity index (χ0) is 16.6. The van der Waals surface area contributed by atoms with Gasteiger partial charge < -0.3 is 5.32 Å². The molecule has 2 atom stereocenters. The Bertz CT molecular complexity index is 919. The van der Waals surface area contributed by atoms with Crippen LogP contribution >= 0.6 is 15.9 Å². The first kappa shape index (κ1) is 14.9. The van der Waals surface area contributed by atoms with Gasteiger partial charge in [0.2, 0.25) is 0 Å². The molecule has 0 amide bonds. The van der Waals surface area contributed by atoms with E-state index >= 15 is 0 Å². The van der Waals surface area contributed by atoms with E-state index in [0.717, 1.165) is 27.0 Å². The fourth-order valence-corrected chi connectivity index (χ4v) is 3.76. The molecule has 1 N–H and O–H groups in total. The Morgan fingerprint density at radius 3 is 2.38 bits per heavy atom. The van der Waals surface area contributed by atoms with Crippen LogP contribution < -0.4 is 5.32 Å². The number of aromatic nitrogens is 1. The number of hydrogen-bond acceptors (Lipinski definition) is 3. The van der Waals surface area contributed by atoms with Crippen LogP contribution in [0.3, 0.4) is 0 Å². The minimum absolute atomic E-state index is 0.192. The first-order valence-corrected chi connectivity index (χ1v) is 8.49. The summed E-state index contributed by atoms with van der Waals surface area (Å²) < 4.78 is 0.891. The van der Waals surface area contributed by atoms with Gasteiger partial charge in [-0.05, 0) is 33.1 Å². The van der Waals surface area contributed by atoms with E-state index in [1.54, 1.807) is 6.20 Å². The molecule has 0 fully saturated rings. The van der Waals surface area contributed by atoms with Gasteiger partial charge in [-0.15, -0.1) is 0 Å². The quantitative estimate of drug-likeness (QED) is 0.698. The van der Waals surface area contributed by atoms with Gasteiger partial charge in [-0.25, -0.2) is 0 Å². The first-order chi connectivity index (χ1) is 11.8. The van der Waals surface area contributed by atoms with Crippen molar-refractivity contribution in [3.8, 4) is 6.07 Å². The molecule has 3 aromatic rings. The normalized spacial score (nSPS) is 21.6. The lowest BCUT2D eigenvalue weighted by atomic mass is 9.72. The van der Waals surface area contributed by atoms with Crippen LogP contribution in [-0.4, -0.2) is 4.98 Å². The van der Waals surface area contributed by atoms with E-state index in [-0.39, 0.29) is 6.04 Å². The zero-order valence-corrected chi connectivity index (χ0v) is 14.4. The fraction of sp³-hybridized carbons (Fsp3) is 0.100. The lowest BCUT2D eigenvalue weighted by molar-refractivity contribution is 0.574. The van der Waals surface area contributed by atoms with Gasteiger partial charge in [0, 0.05) is 10.7 Å². The molecular formula is C20H14BrN3. The molecule has 0 spiro atoms. The molecule has 24 heavy (non-hydrogen) atoms. The average molecular weight is 376 g/mol. The second-order valence-corrected chi connectivity index (χ2v) is 6.74. The zero-order valence-electron chi connectivity index (χ0n) is 12.8. The van der Waals surface area contributed by atoms with Gasteiger partial charge >= 0.3 is 0 Å². The Labute approximate surface area is 149 Å². The lowest BCUT2D eigenvalue weighted by Crippen LogP contribution is -2.32. The van der Waals surface area contributed by atoms with Crippen molar-refractivity contribution in [3.05, 3.63) is 94.2 Å². The maximum atomic E-state index is 10.3. The Hall–Kier alpha value is -2.64. The molecule has 0 saturated carbocycles. The molecule has 116 valence electrons. The number of nitriles is 1. The van der Waals surface area contributed by atoms with Gasteiger partial charge in [-0.1, -0.05) is 60.7 Å². The SMILES string of the molecule is N#C[C@@]1(c2ccccc2)c2ncc(Br)cc2N[C@H]1c1ccccc1. The summed E-state index contributed by atoms with van der Waals surface area (Å²) in [5.74, 6) is 0. The largest absolute Gasteiger partial charge is 0.374 e. The van der Waals surface area contributed by atoms with Gasteiger partial charge in [0.1, 0.15) is 0 Å². The highest BCUT2D eigenvalue weighted by Gasteiger charge is 2.51. The van der Waals surface area contributed by atoms with Crippen molar-refractivity contribution in [3.63, 3.8) is 0 Å². The van der Waals surface area contributed by atoms with Gasteiger partial charge in [-0.2, -0.15) is 5.26 Å². The standard InChI is InChI=1S/C20H14BrN3/c21-16-11-17-19(23-12-16)20(13-22,15-9-5-2-6-10-15)18(24-17)14-7-3-1-4-8-14/h1-12,18,24H/t18-,20-/m0/s1. The number of halogens is 1. The second-order valence-electron chi connectivity index (χ2n) is 5.82. The molecule has 0 bridgehead atoms. The van der Waals surface area contributed by atoms with Crippen LogP contribution in [-0.2, 0) is 5.41 Å². The van der Waals surface area contributed by atoms with Crippen molar-refractivity contribution < 1.29 is 0 Å². The monoisotopic (exact) mass is 375 g/mol. The number of fused-ring (bicyclic) bond motifs is 1. The molecule has 0 saturated heterocycles. The molecule has 3 nitrogen and oxygen atoms in total. The Balaban J connectivity index is 2.00. The van der Waals surface area contributed by atoms with Crippen LogP contribution in [0.4, 0.5) is 5.69 Å². The summed E-state index contributed by atoms with van der Waals surface area (Å²) in [6.07, 6.45) is 1.75. The maximum absolute atomic E-state index is 10.3. The third-order valence-corrected chi connectivity index (χ3v) is 4.93. The van der Waals surface area contributed by atoms with E-state index < -0.39 is 5.41 Å². The van der Waals surface area contributed by atoms with Crippen LogP contribution in [0.2, 0.25) is 0 Å². The van der Waals surface area contributed by atoms with Gasteiger partial charge in [0.05, 0.1) is 23.5 Å². The van der Waals surface area contributed by atoms with Crippen LogP contribution in [0.25, 0.3) is 0 Å². The van der Waals surface area contributed by atoms with Crippen molar-refractivity contribution in [2.24, 2.45) is 0 Å². The molecule has 2 heterocycles. The van der Waals surface area contributed by atoms with Gasteiger partial charge in [0.15, 0.2) is 5.41 Å². The van der Waals surface area contributed by atoms with Crippen LogP contribution in [0.5, 0.6) is 0 Å². The second kappa shape index (κ2) is 5.77. The van der Waals surface area contributed by atoms with E-state index in [2.05, 4.69) is 32.3 Å². The van der Waals surface area contributed by atoms with E-state index in [4.69, 9.17) is 0 Å². The number of rotatable bonds is 2. The topological polar surface area (TPSA) is 48.7 Å². The van der Waals surface area contributed by atoms with Crippen molar-refractivity contribution in [1.82, 2.24) is 4.98 Å². The number of benzene rings is 2. The summed E-state index contributed by atoms with van der Waals surface area (Å²) >= 11 is 3.47. The van der Waals surface area contributed by atoms with Crippen molar-refractivity contribution in [2.45, 2.75) is 11.5 Å². The summed E-state index contributed by atoms with van der Waals surface area (Å²) in [7, 11) is 0. The predicted molar refractivity (Wildman–Crippen MR) is 97.6 cm³/mol. The van der Waals surface area contributed by atoms with Gasteiger partial charge in [-0.3, -0.25) is 4.98 Å². The van der Waals surface area contributed by atoms with Gasteiger partial charge in [0.25, 0.3) is 0 Å². The third-order valence-electron chi connectivity index (χ3n) is 4.50.